The van der Waals surface area contributed by atoms with Crippen molar-refractivity contribution in [3.05, 3.63) is 47.6 Å². The molecule has 0 unspecified atom stereocenters. The van der Waals surface area contributed by atoms with Gasteiger partial charge in [-0.05, 0) is 25.3 Å². The van der Waals surface area contributed by atoms with Gasteiger partial charge in [-0.25, -0.2) is 9.59 Å². The maximum Gasteiger partial charge on any atom is 0.336 e. The van der Waals surface area contributed by atoms with Crippen molar-refractivity contribution in [3.8, 4) is 0 Å². The summed E-state index contributed by atoms with van der Waals surface area (Å²) < 4.78 is 10.5. The second kappa shape index (κ2) is 8.27. The van der Waals surface area contributed by atoms with E-state index in [2.05, 4.69) is 13.2 Å². The second-order valence-electron chi connectivity index (χ2n) is 6.44. The Hall–Kier alpha value is -2.18. The van der Waals surface area contributed by atoms with Crippen LogP contribution in [0, 0.1) is 5.92 Å². The van der Waals surface area contributed by atoms with E-state index in [1.165, 1.54) is 0 Å². The van der Waals surface area contributed by atoms with Crippen molar-refractivity contribution < 1.29 is 29.3 Å². The molecular weight excluding hydrogens is 324 g/mol. The van der Waals surface area contributed by atoms with Gasteiger partial charge in [0.25, 0.3) is 0 Å². The zero-order valence-electron chi connectivity index (χ0n) is 14.4. The maximum absolute atomic E-state index is 11.9. The van der Waals surface area contributed by atoms with Gasteiger partial charge in [-0.3, -0.25) is 0 Å². The van der Waals surface area contributed by atoms with Gasteiger partial charge in [0, 0.05) is 12.0 Å². The number of aliphatic hydroxyl groups is 2. The Morgan fingerprint density at radius 2 is 2.20 bits per heavy atom. The van der Waals surface area contributed by atoms with Crippen LogP contribution in [0.25, 0.3) is 0 Å². The number of rotatable bonds is 4. The van der Waals surface area contributed by atoms with Crippen molar-refractivity contribution in [2.45, 2.75) is 38.4 Å². The normalized spacial score (nSPS) is 31.1. The Labute approximate surface area is 147 Å². The minimum atomic E-state index is -0.847. The van der Waals surface area contributed by atoms with Crippen molar-refractivity contribution in [2.75, 3.05) is 13.2 Å². The number of esters is 2. The van der Waals surface area contributed by atoms with Crippen LogP contribution in [0.3, 0.4) is 0 Å². The summed E-state index contributed by atoms with van der Waals surface area (Å²) >= 11 is 0. The third kappa shape index (κ3) is 4.67. The van der Waals surface area contributed by atoms with Crippen molar-refractivity contribution in [2.24, 2.45) is 5.92 Å². The molecule has 2 rings (SSSR count). The van der Waals surface area contributed by atoms with Gasteiger partial charge in [-0.2, -0.15) is 0 Å². The van der Waals surface area contributed by atoms with Gasteiger partial charge in [0.1, 0.15) is 12.7 Å². The van der Waals surface area contributed by atoms with Gasteiger partial charge in [0.2, 0.25) is 0 Å². The molecule has 0 spiro atoms. The number of fused-ring (bicyclic) bond motifs is 1. The Kier molecular flexibility index (Phi) is 6.33. The van der Waals surface area contributed by atoms with Crippen LogP contribution in [-0.2, 0) is 19.1 Å². The predicted molar refractivity (Wildman–Crippen MR) is 91.4 cm³/mol. The molecule has 0 aromatic carbocycles. The Morgan fingerprint density at radius 1 is 1.48 bits per heavy atom. The number of carbonyl (C=O) groups excluding carboxylic acids is 2. The molecule has 0 aromatic heterocycles. The molecule has 2 N–H and O–H groups in total. The highest BCUT2D eigenvalue weighted by atomic mass is 16.6. The molecule has 136 valence electrons. The average molecular weight is 348 g/mol. The van der Waals surface area contributed by atoms with Gasteiger partial charge < -0.3 is 19.7 Å². The molecule has 1 fully saturated rings. The largest absolute Gasteiger partial charge is 0.458 e. The highest BCUT2D eigenvalue weighted by Crippen LogP contribution is 2.35. The first kappa shape index (κ1) is 19.1. The van der Waals surface area contributed by atoms with E-state index in [1.54, 1.807) is 6.08 Å². The lowest BCUT2D eigenvalue weighted by Gasteiger charge is -2.23. The first-order valence-corrected chi connectivity index (χ1v) is 8.22. The van der Waals surface area contributed by atoms with Crippen LogP contribution < -0.4 is 0 Å². The summed E-state index contributed by atoms with van der Waals surface area (Å²) in [6, 6.07) is 0. The van der Waals surface area contributed by atoms with E-state index in [1.807, 2.05) is 13.0 Å². The summed E-state index contributed by atoms with van der Waals surface area (Å²) in [5, 5.41) is 19.4. The summed E-state index contributed by atoms with van der Waals surface area (Å²) in [6.07, 6.45) is 4.11. The van der Waals surface area contributed by atoms with E-state index in [4.69, 9.17) is 14.6 Å². The number of ether oxygens (including phenoxy) is 2. The zero-order valence-corrected chi connectivity index (χ0v) is 14.4. The van der Waals surface area contributed by atoms with Gasteiger partial charge >= 0.3 is 11.9 Å². The Morgan fingerprint density at radius 3 is 2.88 bits per heavy atom. The fourth-order valence-electron chi connectivity index (χ4n) is 3.01. The molecule has 0 bridgehead atoms. The molecule has 1 heterocycles. The number of aliphatic hydroxyl groups excluding tert-OH is 2. The van der Waals surface area contributed by atoms with Crippen molar-refractivity contribution in [1.29, 1.82) is 0 Å². The second-order valence-corrected chi connectivity index (χ2v) is 6.44. The standard InChI is InChI=1S/C19H24O6/c1-11-5-4-6-14(10-24-18(22)12(2)9-20)8-16-17(15(21)7-11)13(3)19(23)25-16/h6-7,15-17,20-21H,2-5,8-10H2,1H3/b11-7-,14-6+/t15-,16-,17-/m0/s1. The first-order chi connectivity index (χ1) is 11.8. The van der Waals surface area contributed by atoms with E-state index in [9.17, 15) is 14.7 Å². The zero-order chi connectivity index (χ0) is 18.6. The van der Waals surface area contributed by atoms with Crippen LogP contribution in [0.2, 0.25) is 0 Å². The molecule has 25 heavy (non-hydrogen) atoms. The SMILES string of the molecule is C=C(CO)C(=O)OC/C1=C/CC/C(C)=C\[C@H](O)[C@@H]2C(=C)C(=O)O[C@H]2C1. The predicted octanol–water partition coefficient (Wildman–Crippen LogP) is 1.59. The molecule has 0 amide bonds. The van der Waals surface area contributed by atoms with E-state index in [-0.39, 0.29) is 17.8 Å². The number of hydrogen-bond donors (Lipinski definition) is 2. The highest BCUT2D eigenvalue weighted by molar-refractivity contribution is 5.91. The molecule has 0 radical (unpaired) electrons. The van der Waals surface area contributed by atoms with Crippen LogP contribution in [0.4, 0.5) is 0 Å². The van der Waals surface area contributed by atoms with Gasteiger partial charge in [0.15, 0.2) is 0 Å². The van der Waals surface area contributed by atoms with E-state index in [0.29, 0.717) is 6.42 Å². The van der Waals surface area contributed by atoms with Crippen LogP contribution >= 0.6 is 0 Å². The summed E-state index contributed by atoms with van der Waals surface area (Å²) in [7, 11) is 0. The molecule has 0 aromatic rings. The Balaban J connectivity index is 2.17. The van der Waals surface area contributed by atoms with Gasteiger partial charge in [0.05, 0.1) is 24.2 Å². The van der Waals surface area contributed by atoms with E-state index < -0.39 is 36.7 Å². The monoisotopic (exact) mass is 348 g/mol. The molecule has 1 saturated heterocycles. The third-order valence-electron chi connectivity index (χ3n) is 4.45. The van der Waals surface area contributed by atoms with Crippen LogP contribution in [-0.4, -0.2) is 47.6 Å². The summed E-state index contributed by atoms with van der Waals surface area (Å²) in [5.41, 5.74) is 2.03. The van der Waals surface area contributed by atoms with E-state index in [0.717, 1.165) is 24.0 Å². The molecule has 6 heteroatoms. The summed E-state index contributed by atoms with van der Waals surface area (Å²) in [4.78, 5) is 23.5. The van der Waals surface area contributed by atoms with Crippen LogP contribution in [0.5, 0.6) is 0 Å². The molecule has 0 saturated carbocycles. The number of allylic oxidation sites excluding steroid dienone is 2. The number of hydrogen-bond acceptors (Lipinski definition) is 6. The van der Waals surface area contributed by atoms with Crippen molar-refractivity contribution in [1.82, 2.24) is 0 Å². The lowest BCUT2D eigenvalue weighted by atomic mass is 9.85. The lowest BCUT2D eigenvalue weighted by Crippen LogP contribution is -2.29. The molecule has 1 aliphatic carbocycles. The molecule has 6 nitrogen and oxygen atoms in total. The van der Waals surface area contributed by atoms with Crippen LogP contribution in [0.1, 0.15) is 26.2 Å². The first-order valence-electron chi connectivity index (χ1n) is 8.22. The van der Waals surface area contributed by atoms with Crippen molar-refractivity contribution >= 4 is 11.9 Å². The molecule has 3 atom stereocenters. The molecular formula is C19H24O6. The molecule has 2 aliphatic rings. The lowest BCUT2D eigenvalue weighted by molar-refractivity contribution is -0.141. The summed E-state index contributed by atoms with van der Waals surface area (Å²) in [5.74, 6) is -1.70. The fraction of sp³-hybridized carbons (Fsp3) is 0.474. The fourth-order valence-corrected chi connectivity index (χ4v) is 3.01. The third-order valence-corrected chi connectivity index (χ3v) is 4.45. The minimum absolute atomic E-state index is 0.0178. The quantitative estimate of drug-likeness (QED) is 0.455. The topological polar surface area (TPSA) is 93.1 Å². The Bertz CT molecular complexity index is 642. The summed E-state index contributed by atoms with van der Waals surface area (Å²) in [6.45, 7) is 8.64. The average Bonchev–Trinajstić information content (AvgIpc) is 2.84. The van der Waals surface area contributed by atoms with Crippen LogP contribution in [0.15, 0.2) is 47.6 Å². The molecule has 1 aliphatic heterocycles. The van der Waals surface area contributed by atoms with Crippen molar-refractivity contribution in [3.63, 3.8) is 0 Å². The minimum Gasteiger partial charge on any atom is -0.458 e. The smallest absolute Gasteiger partial charge is 0.336 e. The maximum atomic E-state index is 11.9. The highest BCUT2D eigenvalue weighted by Gasteiger charge is 2.42. The van der Waals surface area contributed by atoms with Gasteiger partial charge in [-0.1, -0.05) is 30.9 Å². The number of carbonyl (C=O) groups is 2. The van der Waals surface area contributed by atoms with E-state index >= 15 is 0 Å². The van der Waals surface area contributed by atoms with Gasteiger partial charge in [-0.15, -0.1) is 0 Å².